The van der Waals surface area contributed by atoms with Crippen molar-refractivity contribution in [2.45, 2.75) is 31.7 Å². The monoisotopic (exact) mass is 468 g/mol. The summed E-state index contributed by atoms with van der Waals surface area (Å²) < 4.78 is 39.2. The Morgan fingerprint density at radius 1 is 0.909 bits per heavy atom. The van der Waals surface area contributed by atoms with Crippen LogP contribution in [0, 0.1) is 13.8 Å². The maximum atomic E-state index is 13.0. The number of hydrogen-bond acceptors (Lipinski definition) is 5. The fraction of sp³-hybridized carbons (Fsp3) is 0.240. The minimum absolute atomic E-state index is 0.0513. The van der Waals surface area contributed by atoms with E-state index < -0.39 is 10.0 Å². The first-order chi connectivity index (χ1) is 15.6. The minimum atomic E-state index is -3.87. The fourth-order valence-electron chi connectivity index (χ4n) is 3.43. The molecule has 0 radical (unpaired) electrons. The molecular weight excluding hydrogens is 440 g/mol. The van der Waals surface area contributed by atoms with E-state index in [1.807, 2.05) is 26.0 Å². The van der Waals surface area contributed by atoms with Crippen molar-refractivity contribution in [1.29, 1.82) is 0 Å². The molecule has 0 saturated carbocycles. The average Bonchev–Trinajstić information content (AvgIpc) is 2.78. The zero-order valence-corrected chi connectivity index (χ0v) is 20.1. The van der Waals surface area contributed by atoms with Crippen molar-refractivity contribution in [2.75, 3.05) is 18.9 Å². The molecule has 33 heavy (non-hydrogen) atoms. The summed E-state index contributed by atoms with van der Waals surface area (Å²) >= 11 is 0. The van der Waals surface area contributed by atoms with Crippen LogP contribution in [0.15, 0.2) is 65.6 Å². The first-order valence-electron chi connectivity index (χ1n) is 10.4. The van der Waals surface area contributed by atoms with Crippen LogP contribution in [-0.4, -0.2) is 28.5 Å². The second kappa shape index (κ2) is 9.95. The molecule has 3 aromatic rings. The molecule has 3 aromatic carbocycles. The van der Waals surface area contributed by atoms with Crippen molar-refractivity contribution in [3.05, 3.63) is 82.9 Å². The quantitative estimate of drug-likeness (QED) is 0.503. The third-order valence-corrected chi connectivity index (χ3v) is 6.79. The molecule has 0 heterocycles. The number of methoxy groups -OCH3 is 2. The molecule has 3 rings (SSSR count). The second-order valence-electron chi connectivity index (χ2n) is 7.76. The number of carbonyl (C=O) groups excluding carboxylic acids is 1. The summed E-state index contributed by atoms with van der Waals surface area (Å²) in [5, 5.41) is 2.91. The molecule has 7 nitrogen and oxygen atoms in total. The van der Waals surface area contributed by atoms with Gasteiger partial charge in [0.25, 0.3) is 15.9 Å². The molecule has 0 spiro atoms. The average molecular weight is 469 g/mol. The molecule has 0 fully saturated rings. The van der Waals surface area contributed by atoms with Crippen molar-refractivity contribution in [3.63, 3.8) is 0 Å². The first-order valence-corrected chi connectivity index (χ1v) is 11.9. The van der Waals surface area contributed by atoms with Crippen LogP contribution in [0.4, 0.5) is 5.69 Å². The number of benzene rings is 3. The highest BCUT2D eigenvalue weighted by Crippen LogP contribution is 2.30. The number of sulfonamides is 1. The first kappa shape index (κ1) is 24.1. The lowest BCUT2D eigenvalue weighted by molar-refractivity contribution is 0.0939. The van der Waals surface area contributed by atoms with E-state index in [0.717, 1.165) is 11.1 Å². The van der Waals surface area contributed by atoms with E-state index in [2.05, 4.69) is 10.0 Å². The molecule has 0 aliphatic rings. The Labute approximate surface area is 194 Å². The lowest BCUT2D eigenvalue weighted by Gasteiger charge is -2.17. The van der Waals surface area contributed by atoms with E-state index in [9.17, 15) is 13.2 Å². The normalized spacial score (nSPS) is 12.0. The zero-order valence-electron chi connectivity index (χ0n) is 19.3. The van der Waals surface area contributed by atoms with Gasteiger partial charge in [0.05, 0.1) is 25.2 Å². The van der Waals surface area contributed by atoms with Crippen LogP contribution >= 0.6 is 0 Å². The lowest BCUT2D eigenvalue weighted by atomic mass is 10.1. The van der Waals surface area contributed by atoms with Gasteiger partial charge in [-0.2, -0.15) is 0 Å². The summed E-state index contributed by atoms with van der Waals surface area (Å²) in [7, 11) is -0.774. The Morgan fingerprint density at radius 3 is 2.30 bits per heavy atom. The summed E-state index contributed by atoms with van der Waals surface area (Å²) in [6.07, 6.45) is 0. The number of hydrogen-bond donors (Lipinski definition) is 2. The zero-order chi connectivity index (χ0) is 24.2. The van der Waals surface area contributed by atoms with Gasteiger partial charge in [-0.25, -0.2) is 8.42 Å². The fourth-order valence-corrected chi connectivity index (χ4v) is 4.76. The third kappa shape index (κ3) is 5.64. The van der Waals surface area contributed by atoms with Crippen molar-refractivity contribution in [1.82, 2.24) is 5.32 Å². The van der Waals surface area contributed by atoms with Gasteiger partial charge in [0.2, 0.25) is 0 Å². The number of rotatable bonds is 8. The summed E-state index contributed by atoms with van der Waals surface area (Å²) in [6, 6.07) is 16.8. The molecule has 2 N–H and O–H groups in total. The van der Waals surface area contributed by atoms with Gasteiger partial charge in [0.15, 0.2) is 11.5 Å². The third-order valence-electron chi connectivity index (χ3n) is 5.27. The predicted molar refractivity (Wildman–Crippen MR) is 129 cm³/mol. The molecular formula is C25H28N2O5S. The van der Waals surface area contributed by atoms with E-state index in [1.54, 1.807) is 63.6 Å². The van der Waals surface area contributed by atoms with Gasteiger partial charge < -0.3 is 14.8 Å². The van der Waals surface area contributed by atoms with Crippen molar-refractivity contribution in [2.24, 2.45) is 0 Å². The minimum Gasteiger partial charge on any atom is -0.493 e. The van der Waals surface area contributed by atoms with Crippen LogP contribution in [0.1, 0.15) is 40.0 Å². The molecule has 1 atom stereocenters. The number of carbonyl (C=O) groups is 1. The van der Waals surface area contributed by atoms with Crippen LogP contribution in [-0.2, 0) is 10.0 Å². The number of nitrogens with one attached hydrogen (secondary N) is 2. The SMILES string of the molecule is COc1ccc(C(C)NC(=O)c2ccc(C)c(S(=O)(=O)Nc3cccc(C)c3)c2)cc1OC. The van der Waals surface area contributed by atoms with Gasteiger partial charge in [0.1, 0.15) is 0 Å². The van der Waals surface area contributed by atoms with Crippen LogP contribution < -0.4 is 19.5 Å². The molecule has 0 aromatic heterocycles. The highest BCUT2D eigenvalue weighted by Gasteiger charge is 2.21. The summed E-state index contributed by atoms with van der Waals surface area (Å²) in [5.74, 6) is 0.764. The summed E-state index contributed by atoms with van der Waals surface area (Å²) in [6.45, 7) is 5.41. The molecule has 8 heteroatoms. The number of ether oxygens (including phenoxy) is 2. The highest BCUT2D eigenvalue weighted by molar-refractivity contribution is 7.92. The topological polar surface area (TPSA) is 93.7 Å². The van der Waals surface area contributed by atoms with Crippen molar-refractivity contribution in [3.8, 4) is 11.5 Å². The Morgan fingerprint density at radius 2 is 1.64 bits per heavy atom. The standard InChI is InChI=1S/C25H28N2O5S/c1-16-7-6-8-21(13-16)27-33(29,30)24-15-20(10-9-17(24)2)25(28)26-18(3)19-11-12-22(31-4)23(14-19)32-5/h6-15,18,27H,1-5H3,(H,26,28). The Kier molecular flexibility index (Phi) is 7.28. The highest BCUT2D eigenvalue weighted by atomic mass is 32.2. The van der Waals surface area contributed by atoms with Gasteiger partial charge in [-0.15, -0.1) is 0 Å². The van der Waals surface area contributed by atoms with E-state index >= 15 is 0 Å². The molecule has 0 aliphatic heterocycles. The molecule has 1 amide bonds. The van der Waals surface area contributed by atoms with E-state index in [1.165, 1.54) is 6.07 Å². The van der Waals surface area contributed by atoms with E-state index in [-0.39, 0.29) is 22.4 Å². The van der Waals surface area contributed by atoms with Crippen LogP contribution in [0.3, 0.4) is 0 Å². The van der Waals surface area contributed by atoms with Crippen molar-refractivity contribution >= 4 is 21.6 Å². The van der Waals surface area contributed by atoms with Gasteiger partial charge >= 0.3 is 0 Å². The maximum absolute atomic E-state index is 13.0. The summed E-state index contributed by atoms with van der Waals surface area (Å²) in [4.78, 5) is 13.0. The predicted octanol–water partition coefficient (Wildman–Crippen LogP) is 4.61. The Bertz CT molecular complexity index is 1270. The largest absolute Gasteiger partial charge is 0.493 e. The number of anilines is 1. The molecule has 0 bridgehead atoms. The maximum Gasteiger partial charge on any atom is 0.262 e. The molecule has 0 saturated heterocycles. The summed E-state index contributed by atoms with van der Waals surface area (Å²) in [5.41, 5.74) is 3.01. The molecule has 0 aliphatic carbocycles. The van der Waals surface area contributed by atoms with Gasteiger partial charge in [-0.05, 0) is 73.9 Å². The molecule has 174 valence electrons. The van der Waals surface area contributed by atoms with Gasteiger partial charge in [-0.3, -0.25) is 9.52 Å². The van der Waals surface area contributed by atoms with Crippen LogP contribution in [0.25, 0.3) is 0 Å². The van der Waals surface area contributed by atoms with Crippen LogP contribution in [0.2, 0.25) is 0 Å². The van der Waals surface area contributed by atoms with E-state index in [4.69, 9.17) is 9.47 Å². The van der Waals surface area contributed by atoms with E-state index in [0.29, 0.717) is 22.7 Å². The smallest absolute Gasteiger partial charge is 0.262 e. The van der Waals surface area contributed by atoms with Crippen molar-refractivity contribution < 1.29 is 22.7 Å². The van der Waals surface area contributed by atoms with Gasteiger partial charge in [-0.1, -0.05) is 24.3 Å². The van der Waals surface area contributed by atoms with Crippen LogP contribution in [0.5, 0.6) is 11.5 Å². The van der Waals surface area contributed by atoms with Gasteiger partial charge in [0, 0.05) is 11.3 Å². The Hall–Kier alpha value is -3.52. The lowest BCUT2D eigenvalue weighted by Crippen LogP contribution is -2.27. The Balaban J connectivity index is 1.83. The molecule has 1 unspecified atom stereocenters. The number of amides is 1. The number of aryl methyl sites for hydroxylation is 2. The second-order valence-corrected chi connectivity index (χ2v) is 9.42.